The smallest absolute Gasteiger partial charge is 0.251 e. The van der Waals surface area contributed by atoms with E-state index in [0.717, 1.165) is 23.5 Å². The van der Waals surface area contributed by atoms with Crippen LogP contribution in [0.4, 0.5) is 0 Å². The number of rotatable bonds is 3. The van der Waals surface area contributed by atoms with Crippen LogP contribution in [-0.2, 0) is 0 Å². The first-order valence-corrected chi connectivity index (χ1v) is 8.90. The van der Waals surface area contributed by atoms with Gasteiger partial charge in [0, 0.05) is 17.3 Å². The van der Waals surface area contributed by atoms with Crippen molar-refractivity contribution in [1.82, 2.24) is 15.1 Å². The molecular weight excluding hydrogens is 298 g/mol. The van der Waals surface area contributed by atoms with Crippen molar-refractivity contribution in [2.24, 2.45) is 11.8 Å². The molecule has 0 saturated heterocycles. The monoisotopic (exact) mass is 325 g/mol. The van der Waals surface area contributed by atoms with Gasteiger partial charge in [-0.25, -0.2) is 4.68 Å². The number of carbonyl (C=O) groups excluding carboxylic acids is 1. The molecule has 3 atom stereocenters. The molecule has 4 nitrogen and oxygen atoms in total. The molecule has 0 spiro atoms. The van der Waals surface area contributed by atoms with Crippen LogP contribution in [0.5, 0.6) is 0 Å². The highest BCUT2D eigenvalue weighted by molar-refractivity contribution is 5.94. The van der Waals surface area contributed by atoms with Crippen molar-refractivity contribution < 1.29 is 4.79 Å². The lowest BCUT2D eigenvalue weighted by molar-refractivity contribution is 0.0891. The molecule has 0 unspecified atom stereocenters. The Balaban J connectivity index is 1.71. The summed E-state index contributed by atoms with van der Waals surface area (Å²) in [6.45, 7) is 8.55. The topological polar surface area (TPSA) is 46.9 Å². The summed E-state index contributed by atoms with van der Waals surface area (Å²) in [5.74, 6) is 1.25. The fourth-order valence-electron chi connectivity index (χ4n) is 3.68. The van der Waals surface area contributed by atoms with Gasteiger partial charge in [0.05, 0.1) is 11.4 Å². The molecule has 1 aromatic carbocycles. The van der Waals surface area contributed by atoms with Gasteiger partial charge in [-0.2, -0.15) is 5.10 Å². The zero-order valence-corrected chi connectivity index (χ0v) is 15.0. The number of nitrogens with zero attached hydrogens (tertiary/aromatic N) is 2. The molecule has 1 N–H and O–H groups in total. The molecule has 1 aliphatic rings. The number of benzene rings is 1. The highest BCUT2D eigenvalue weighted by atomic mass is 16.1. The van der Waals surface area contributed by atoms with Gasteiger partial charge in [-0.1, -0.05) is 26.7 Å². The van der Waals surface area contributed by atoms with Crippen molar-refractivity contribution in [2.75, 3.05) is 0 Å². The largest absolute Gasteiger partial charge is 0.349 e. The lowest BCUT2D eigenvalue weighted by atomic mass is 9.78. The summed E-state index contributed by atoms with van der Waals surface area (Å²) in [6, 6.07) is 10.0. The Labute approximate surface area is 144 Å². The summed E-state index contributed by atoms with van der Waals surface area (Å²) < 4.78 is 1.90. The molecule has 0 aliphatic heterocycles. The Morgan fingerprint density at radius 3 is 2.50 bits per heavy atom. The van der Waals surface area contributed by atoms with E-state index < -0.39 is 0 Å². The van der Waals surface area contributed by atoms with Gasteiger partial charge in [0.15, 0.2) is 0 Å². The van der Waals surface area contributed by atoms with Crippen LogP contribution in [0.1, 0.15) is 54.9 Å². The maximum absolute atomic E-state index is 12.6. The summed E-state index contributed by atoms with van der Waals surface area (Å²) >= 11 is 0. The van der Waals surface area contributed by atoms with Crippen LogP contribution >= 0.6 is 0 Å². The Hall–Kier alpha value is -2.10. The Bertz CT molecular complexity index is 717. The molecule has 0 bridgehead atoms. The van der Waals surface area contributed by atoms with Crippen molar-refractivity contribution >= 4 is 5.91 Å². The second-order valence-electron chi connectivity index (χ2n) is 7.23. The minimum Gasteiger partial charge on any atom is -0.349 e. The summed E-state index contributed by atoms with van der Waals surface area (Å²) in [7, 11) is 0. The van der Waals surface area contributed by atoms with Gasteiger partial charge in [-0.3, -0.25) is 4.79 Å². The molecule has 1 heterocycles. The van der Waals surface area contributed by atoms with Crippen LogP contribution in [0.2, 0.25) is 0 Å². The third kappa shape index (κ3) is 3.37. The van der Waals surface area contributed by atoms with Crippen LogP contribution < -0.4 is 5.32 Å². The van der Waals surface area contributed by atoms with Gasteiger partial charge in [-0.15, -0.1) is 0 Å². The van der Waals surface area contributed by atoms with E-state index in [1.54, 1.807) is 0 Å². The summed E-state index contributed by atoms with van der Waals surface area (Å²) in [5.41, 5.74) is 3.78. The van der Waals surface area contributed by atoms with Gasteiger partial charge in [-0.05, 0) is 62.4 Å². The van der Waals surface area contributed by atoms with E-state index in [-0.39, 0.29) is 11.9 Å². The molecule has 1 aromatic heterocycles. The average Bonchev–Trinajstić information content (AvgIpc) is 2.90. The second-order valence-corrected chi connectivity index (χ2v) is 7.23. The number of hydrogen-bond acceptors (Lipinski definition) is 2. The second kappa shape index (κ2) is 6.80. The average molecular weight is 325 g/mol. The van der Waals surface area contributed by atoms with Gasteiger partial charge in [0.2, 0.25) is 0 Å². The van der Waals surface area contributed by atoms with Crippen molar-refractivity contribution in [1.29, 1.82) is 0 Å². The fourth-order valence-corrected chi connectivity index (χ4v) is 3.68. The number of aryl methyl sites for hydroxylation is 2. The number of aromatic nitrogens is 2. The third-order valence-corrected chi connectivity index (χ3v) is 5.41. The minimum atomic E-state index is 0.0286. The molecule has 0 radical (unpaired) electrons. The van der Waals surface area contributed by atoms with Crippen molar-refractivity contribution in [2.45, 2.75) is 53.0 Å². The van der Waals surface area contributed by atoms with Gasteiger partial charge < -0.3 is 5.32 Å². The quantitative estimate of drug-likeness (QED) is 0.925. The zero-order chi connectivity index (χ0) is 17.3. The molecule has 1 fully saturated rings. The predicted octanol–water partition coefficient (Wildman–Crippen LogP) is 4.04. The highest BCUT2D eigenvalue weighted by Gasteiger charge is 2.28. The first-order chi connectivity index (χ1) is 11.5. The molecule has 24 heavy (non-hydrogen) atoms. The summed E-state index contributed by atoms with van der Waals surface area (Å²) in [5, 5.41) is 7.71. The minimum absolute atomic E-state index is 0.0286. The summed E-state index contributed by atoms with van der Waals surface area (Å²) in [4.78, 5) is 12.6. The molecule has 128 valence electrons. The Morgan fingerprint density at radius 2 is 1.88 bits per heavy atom. The first-order valence-electron chi connectivity index (χ1n) is 8.90. The van der Waals surface area contributed by atoms with Gasteiger partial charge in [0.25, 0.3) is 5.91 Å². The fraction of sp³-hybridized carbons (Fsp3) is 0.500. The van der Waals surface area contributed by atoms with E-state index in [4.69, 9.17) is 0 Å². The maximum atomic E-state index is 12.6. The van der Waals surface area contributed by atoms with Gasteiger partial charge in [0.1, 0.15) is 0 Å². The number of nitrogens with one attached hydrogen (secondary N) is 1. The number of carbonyl (C=O) groups is 1. The number of hydrogen-bond donors (Lipinski definition) is 1. The maximum Gasteiger partial charge on any atom is 0.251 e. The van der Waals surface area contributed by atoms with E-state index in [1.165, 1.54) is 12.8 Å². The SMILES string of the molecule is Cc1cc(C)n(-c2ccc(C(=O)N[C@@H]3CCC[C@H](C)[C@H]3C)cc2)n1. The first kappa shape index (κ1) is 16.7. The third-order valence-electron chi connectivity index (χ3n) is 5.41. The summed E-state index contributed by atoms with van der Waals surface area (Å²) in [6.07, 6.45) is 3.55. The molecule has 3 rings (SSSR count). The van der Waals surface area contributed by atoms with Crippen LogP contribution in [0, 0.1) is 25.7 Å². The predicted molar refractivity (Wildman–Crippen MR) is 96.5 cm³/mol. The van der Waals surface area contributed by atoms with E-state index in [0.29, 0.717) is 17.4 Å². The van der Waals surface area contributed by atoms with E-state index in [9.17, 15) is 4.79 Å². The lowest BCUT2D eigenvalue weighted by Gasteiger charge is -2.34. The van der Waals surface area contributed by atoms with Crippen molar-refractivity contribution in [3.05, 3.63) is 47.3 Å². The zero-order valence-electron chi connectivity index (χ0n) is 15.0. The Morgan fingerprint density at radius 1 is 1.17 bits per heavy atom. The van der Waals surface area contributed by atoms with E-state index in [2.05, 4.69) is 24.3 Å². The van der Waals surface area contributed by atoms with Crippen molar-refractivity contribution in [3.8, 4) is 5.69 Å². The number of amides is 1. The van der Waals surface area contributed by atoms with Crippen molar-refractivity contribution in [3.63, 3.8) is 0 Å². The molecule has 1 saturated carbocycles. The normalized spacial score (nSPS) is 23.9. The Kier molecular flexibility index (Phi) is 4.74. The van der Waals surface area contributed by atoms with E-state index in [1.807, 2.05) is 48.9 Å². The molecule has 4 heteroatoms. The van der Waals surface area contributed by atoms with Gasteiger partial charge >= 0.3 is 0 Å². The van der Waals surface area contributed by atoms with E-state index >= 15 is 0 Å². The standard InChI is InChI=1S/C20H27N3O/c1-13-6-5-7-19(16(13)4)21-20(24)17-8-10-18(11-9-17)23-15(3)12-14(2)22-23/h8-13,16,19H,5-7H2,1-4H3,(H,21,24)/t13-,16+,19+/m0/s1. The van der Waals surface area contributed by atoms with Crippen LogP contribution in [0.25, 0.3) is 5.69 Å². The molecular formula is C20H27N3O. The lowest BCUT2D eigenvalue weighted by Crippen LogP contribution is -2.43. The highest BCUT2D eigenvalue weighted by Crippen LogP contribution is 2.29. The molecule has 2 aromatic rings. The van der Waals surface area contributed by atoms with Crippen LogP contribution in [0.15, 0.2) is 30.3 Å². The van der Waals surface area contributed by atoms with Crippen LogP contribution in [-0.4, -0.2) is 21.7 Å². The van der Waals surface area contributed by atoms with Crippen LogP contribution in [0.3, 0.4) is 0 Å². The molecule has 1 amide bonds. The molecule has 1 aliphatic carbocycles.